The summed E-state index contributed by atoms with van der Waals surface area (Å²) < 4.78 is 11.6. The first-order valence-electron chi connectivity index (χ1n) is 5.72. The lowest BCUT2D eigenvalue weighted by molar-refractivity contribution is -0.107. The number of morpholine rings is 1. The van der Waals surface area contributed by atoms with Crippen molar-refractivity contribution in [2.24, 2.45) is 0 Å². The van der Waals surface area contributed by atoms with Crippen molar-refractivity contribution in [2.45, 2.75) is 25.6 Å². The van der Waals surface area contributed by atoms with Crippen molar-refractivity contribution in [2.75, 3.05) is 19.7 Å². The Morgan fingerprint density at radius 3 is 2.81 bits per heavy atom. The average molecular weight is 221 g/mol. The summed E-state index contributed by atoms with van der Waals surface area (Å²) >= 11 is 0. The van der Waals surface area contributed by atoms with Crippen LogP contribution in [-0.4, -0.2) is 31.4 Å². The molecule has 1 aliphatic rings. The van der Waals surface area contributed by atoms with Gasteiger partial charge in [0.25, 0.3) is 0 Å². The summed E-state index contributed by atoms with van der Waals surface area (Å²) in [4.78, 5) is 0. The Morgan fingerprint density at radius 2 is 2.12 bits per heavy atom. The lowest BCUT2D eigenvalue weighted by Crippen LogP contribution is -2.52. The molecule has 1 N–H and O–H groups in total. The molecule has 1 atom stereocenters. The lowest BCUT2D eigenvalue weighted by Gasteiger charge is -2.36. The molecule has 1 fully saturated rings. The molecule has 1 aliphatic heterocycles. The molecule has 3 nitrogen and oxygen atoms in total. The highest BCUT2D eigenvalue weighted by atomic mass is 16.5. The van der Waals surface area contributed by atoms with Crippen LogP contribution in [0.3, 0.4) is 0 Å². The summed E-state index contributed by atoms with van der Waals surface area (Å²) in [5, 5.41) is 3.36. The monoisotopic (exact) mass is 221 g/mol. The summed E-state index contributed by atoms with van der Waals surface area (Å²) in [5.74, 6) is 0.898. The number of hydrogen-bond donors (Lipinski definition) is 1. The lowest BCUT2D eigenvalue weighted by atomic mass is 10.1. The Kier molecular flexibility index (Phi) is 3.46. The molecule has 0 radical (unpaired) electrons. The van der Waals surface area contributed by atoms with E-state index in [1.807, 2.05) is 30.3 Å². The fourth-order valence-corrected chi connectivity index (χ4v) is 1.87. The molecular formula is C13H19NO2. The summed E-state index contributed by atoms with van der Waals surface area (Å²) in [6.45, 7) is 6.54. The van der Waals surface area contributed by atoms with Gasteiger partial charge in [-0.2, -0.15) is 0 Å². The topological polar surface area (TPSA) is 30.5 Å². The molecule has 3 heteroatoms. The Balaban J connectivity index is 1.82. The number of ether oxygens (including phenoxy) is 2. The smallest absolute Gasteiger partial charge is 0.119 e. The van der Waals surface area contributed by atoms with Crippen molar-refractivity contribution in [1.29, 1.82) is 0 Å². The maximum absolute atomic E-state index is 5.91. The zero-order valence-electron chi connectivity index (χ0n) is 9.90. The molecule has 1 saturated heterocycles. The molecule has 0 bridgehead atoms. The van der Waals surface area contributed by atoms with E-state index in [0.717, 1.165) is 18.8 Å². The molecular weight excluding hydrogens is 202 g/mol. The van der Waals surface area contributed by atoms with Gasteiger partial charge in [0, 0.05) is 13.1 Å². The fourth-order valence-electron chi connectivity index (χ4n) is 1.87. The third-order valence-corrected chi connectivity index (χ3v) is 2.59. The maximum atomic E-state index is 5.91. The predicted molar refractivity (Wildman–Crippen MR) is 63.8 cm³/mol. The molecule has 0 saturated carbocycles. The van der Waals surface area contributed by atoms with Crippen molar-refractivity contribution in [1.82, 2.24) is 5.32 Å². The van der Waals surface area contributed by atoms with Gasteiger partial charge >= 0.3 is 0 Å². The van der Waals surface area contributed by atoms with Crippen molar-refractivity contribution in [3.05, 3.63) is 30.3 Å². The Labute approximate surface area is 96.8 Å². The summed E-state index contributed by atoms with van der Waals surface area (Å²) in [6.07, 6.45) is 0.129. The van der Waals surface area contributed by atoms with Gasteiger partial charge in [-0.25, -0.2) is 0 Å². The number of nitrogens with one attached hydrogen (secondary N) is 1. The van der Waals surface area contributed by atoms with Crippen molar-refractivity contribution < 1.29 is 9.47 Å². The minimum atomic E-state index is -0.0943. The zero-order chi connectivity index (χ0) is 11.4. The molecule has 16 heavy (non-hydrogen) atoms. The van der Waals surface area contributed by atoms with Gasteiger partial charge in [-0.15, -0.1) is 0 Å². The molecule has 1 aromatic carbocycles. The second-order valence-electron chi connectivity index (χ2n) is 4.75. The Bertz CT molecular complexity index is 324. The van der Waals surface area contributed by atoms with E-state index in [0.29, 0.717) is 6.61 Å². The van der Waals surface area contributed by atoms with Gasteiger partial charge in [0.15, 0.2) is 0 Å². The summed E-state index contributed by atoms with van der Waals surface area (Å²) in [7, 11) is 0. The molecule has 0 aromatic heterocycles. The van der Waals surface area contributed by atoms with Crippen LogP contribution < -0.4 is 10.1 Å². The van der Waals surface area contributed by atoms with Gasteiger partial charge in [-0.3, -0.25) is 0 Å². The summed E-state index contributed by atoms with van der Waals surface area (Å²) in [6, 6.07) is 9.84. The quantitative estimate of drug-likeness (QED) is 0.844. The molecule has 0 unspecified atom stereocenters. The van der Waals surface area contributed by atoms with Crippen LogP contribution in [0.25, 0.3) is 0 Å². The highest BCUT2D eigenvalue weighted by Crippen LogP contribution is 2.16. The van der Waals surface area contributed by atoms with Crippen LogP contribution in [-0.2, 0) is 4.74 Å². The zero-order valence-corrected chi connectivity index (χ0v) is 9.90. The largest absolute Gasteiger partial charge is 0.491 e. The third-order valence-electron chi connectivity index (χ3n) is 2.59. The molecule has 88 valence electrons. The van der Waals surface area contributed by atoms with E-state index in [1.54, 1.807) is 0 Å². The van der Waals surface area contributed by atoms with Gasteiger partial charge in [0.1, 0.15) is 18.5 Å². The van der Waals surface area contributed by atoms with Crippen LogP contribution in [0.4, 0.5) is 0 Å². The van der Waals surface area contributed by atoms with Crippen LogP contribution in [0, 0.1) is 0 Å². The highest BCUT2D eigenvalue weighted by Gasteiger charge is 2.28. The second-order valence-corrected chi connectivity index (χ2v) is 4.75. The van der Waals surface area contributed by atoms with E-state index in [-0.39, 0.29) is 11.7 Å². The highest BCUT2D eigenvalue weighted by molar-refractivity contribution is 5.20. The van der Waals surface area contributed by atoms with Gasteiger partial charge in [0.05, 0.1) is 5.60 Å². The number of rotatable bonds is 3. The van der Waals surface area contributed by atoms with Crippen LogP contribution in [0.15, 0.2) is 30.3 Å². The molecule has 2 rings (SSSR count). The van der Waals surface area contributed by atoms with E-state index in [1.165, 1.54) is 0 Å². The molecule has 1 aromatic rings. The maximum Gasteiger partial charge on any atom is 0.119 e. The number of para-hydroxylation sites is 1. The number of benzene rings is 1. The first-order chi connectivity index (χ1) is 7.66. The molecule has 1 heterocycles. The van der Waals surface area contributed by atoms with Gasteiger partial charge in [0.2, 0.25) is 0 Å². The normalized spacial score (nSPS) is 24.0. The molecule has 0 amide bonds. The number of hydrogen-bond acceptors (Lipinski definition) is 3. The van der Waals surface area contributed by atoms with Crippen molar-refractivity contribution >= 4 is 0 Å². The molecule has 0 spiro atoms. The first kappa shape index (κ1) is 11.4. The van der Waals surface area contributed by atoms with E-state index >= 15 is 0 Å². The van der Waals surface area contributed by atoms with Gasteiger partial charge in [-0.05, 0) is 26.0 Å². The average Bonchev–Trinajstić information content (AvgIpc) is 2.27. The standard InChI is InChI=1S/C13H19NO2/c1-13(2)10-14-8-12(16-13)9-15-11-6-4-3-5-7-11/h3-7,12,14H,8-10H2,1-2H3/t12-/m1/s1. The van der Waals surface area contributed by atoms with E-state index in [4.69, 9.17) is 9.47 Å². The van der Waals surface area contributed by atoms with E-state index < -0.39 is 0 Å². The Morgan fingerprint density at radius 1 is 1.38 bits per heavy atom. The van der Waals surface area contributed by atoms with Crippen LogP contribution in [0.5, 0.6) is 5.75 Å². The van der Waals surface area contributed by atoms with Gasteiger partial charge in [-0.1, -0.05) is 18.2 Å². The van der Waals surface area contributed by atoms with Crippen LogP contribution in [0.2, 0.25) is 0 Å². The SMILES string of the molecule is CC1(C)CNC[C@H](COc2ccccc2)O1. The minimum absolute atomic E-state index is 0.0943. The van der Waals surface area contributed by atoms with Crippen molar-refractivity contribution in [3.8, 4) is 5.75 Å². The Hall–Kier alpha value is -1.06. The fraction of sp³-hybridized carbons (Fsp3) is 0.538. The van der Waals surface area contributed by atoms with Crippen LogP contribution in [0.1, 0.15) is 13.8 Å². The van der Waals surface area contributed by atoms with Crippen molar-refractivity contribution in [3.63, 3.8) is 0 Å². The van der Waals surface area contributed by atoms with Crippen LogP contribution >= 0.6 is 0 Å². The third kappa shape index (κ3) is 3.22. The first-order valence-corrected chi connectivity index (χ1v) is 5.72. The van der Waals surface area contributed by atoms with E-state index in [2.05, 4.69) is 19.2 Å². The van der Waals surface area contributed by atoms with Gasteiger partial charge < -0.3 is 14.8 Å². The minimum Gasteiger partial charge on any atom is -0.491 e. The second kappa shape index (κ2) is 4.85. The molecule has 0 aliphatic carbocycles. The predicted octanol–water partition coefficient (Wildman–Crippen LogP) is 1.83. The van der Waals surface area contributed by atoms with E-state index in [9.17, 15) is 0 Å². The summed E-state index contributed by atoms with van der Waals surface area (Å²) in [5.41, 5.74) is -0.0943.